The third-order valence-electron chi connectivity index (χ3n) is 6.67. The Bertz CT molecular complexity index is 1060. The summed E-state index contributed by atoms with van der Waals surface area (Å²) in [5, 5.41) is 23.1. The van der Waals surface area contributed by atoms with Gasteiger partial charge in [-0.2, -0.15) is 5.26 Å². The zero-order chi connectivity index (χ0) is 22.1. The predicted molar refractivity (Wildman–Crippen MR) is 122 cm³/mol. The van der Waals surface area contributed by atoms with Crippen LogP contribution >= 0.6 is 0 Å². The molecule has 5 nitrogen and oxygen atoms in total. The Morgan fingerprint density at radius 2 is 2.13 bits per heavy atom. The molecule has 0 spiro atoms. The number of rotatable bonds is 7. The average molecular weight is 416 g/mol. The number of phenols is 1. The zero-order valence-electron chi connectivity index (χ0n) is 18.2. The van der Waals surface area contributed by atoms with Crippen molar-refractivity contribution in [2.45, 2.75) is 51.6 Å². The van der Waals surface area contributed by atoms with Gasteiger partial charge >= 0.3 is 0 Å². The van der Waals surface area contributed by atoms with Gasteiger partial charge in [-0.3, -0.25) is 4.79 Å². The van der Waals surface area contributed by atoms with Gasteiger partial charge in [0, 0.05) is 35.3 Å². The number of hydrogen-bond donors (Lipinski definition) is 2. The number of carbonyl (C=O) groups excluding carboxylic acids is 1. The second-order valence-electron chi connectivity index (χ2n) is 8.75. The number of nitrogens with one attached hydrogen (secondary N) is 1. The van der Waals surface area contributed by atoms with Gasteiger partial charge in [0.05, 0.1) is 12.6 Å². The molecular weight excluding hydrogens is 386 g/mol. The van der Waals surface area contributed by atoms with E-state index in [0.29, 0.717) is 30.1 Å². The molecule has 1 atom stereocenters. The van der Waals surface area contributed by atoms with Crippen molar-refractivity contribution in [3.63, 3.8) is 0 Å². The Kier molecular flexibility index (Phi) is 5.84. The second-order valence-corrected chi connectivity index (χ2v) is 8.75. The van der Waals surface area contributed by atoms with Crippen LogP contribution in [0, 0.1) is 17.2 Å². The van der Waals surface area contributed by atoms with Crippen molar-refractivity contribution in [1.82, 2.24) is 5.32 Å². The van der Waals surface area contributed by atoms with Crippen molar-refractivity contribution in [3.8, 4) is 11.8 Å². The molecule has 0 radical (unpaired) electrons. The van der Waals surface area contributed by atoms with Crippen LogP contribution in [0.2, 0.25) is 0 Å². The third kappa shape index (κ3) is 4.08. The lowest BCUT2D eigenvalue weighted by Gasteiger charge is -2.31. The summed E-state index contributed by atoms with van der Waals surface area (Å²) in [5.74, 6) is 0.609. The number of aromatic hydroxyl groups is 1. The van der Waals surface area contributed by atoms with E-state index in [1.165, 1.54) is 5.56 Å². The van der Waals surface area contributed by atoms with Gasteiger partial charge in [0.1, 0.15) is 5.75 Å². The molecule has 5 heteroatoms. The number of phenolic OH excluding ortho intramolecular Hbond substituents is 1. The molecule has 0 saturated heterocycles. The molecule has 1 aliphatic carbocycles. The summed E-state index contributed by atoms with van der Waals surface area (Å²) in [6.07, 6.45) is 2.68. The maximum absolute atomic E-state index is 13.2. The van der Waals surface area contributed by atoms with Crippen molar-refractivity contribution in [2.24, 2.45) is 5.92 Å². The Morgan fingerprint density at radius 1 is 1.35 bits per heavy atom. The molecule has 0 aromatic heterocycles. The second kappa shape index (κ2) is 8.56. The lowest BCUT2D eigenvalue weighted by Crippen LogP contribution is -2.24. The third-order valence-corrected chi connectivity index (χ3v) is 6.67. The fourth-order valence-corrected chi connectivity index (χ4v) is 4.35. The maximum Gasteiger partial charge on any atom is 0.259 e. The standard InChI is InChI=1S/C26H29N3O2/c1-4-16(2)14-28-17(3)20-11-23-24(25(30)12-20)15-29(26(23)31)22-7-5-6-19(10-22)21-8-18(9-21)13-27/h5-7,10-12,17-18,21,28,30H,2,4,8-9,14-15H2,1,3H3. The van der Waals surface area contributed by atoms with Gasteiger partial charge in [0.25, 0.3) is 5.91 Å². The first-order chi connectivity index (χ1) is 14.9. The Balaban J connectivity index is 1.54. The van der Waals surface area contributed by atoms with Crippen LogP contribution in [0.15, 0.2) is 48.6 Å². The molecule has 1 amide bonds. The minimum absolute atomic E-state index is 0.00336. The SMILES string of the molecule is C=C(CC)CNC(C)c1cc(O)c2c(c1)C(=O)N(c1cccc(C3CC(C#N)C3)c1)C2. The van der Waals surface area contributed by atoms with Crippen LogP contribution in [0.5, 0.6) is 5.75 Å². The highest BCUT2D eigenvalue weighted by molar-refractivity contribution is 6.10. The molecule has 160 valence electrons. The van der Waals surface area contributed by atoms with Crippen LogP contribution in [-0.4, -0.2) is 17.6 Å². The van der Waals surface area contributed by atoms with Crippen molar-refractivity contribution >= 4 is 11.6 Å². The number of benzene rings is 2. The molecular formula is C26H29N3O2. The van der Waals surface area contributed by atoms with Gasteiger partial charge < -0.3 is 15.3 Å². The van der Waals surface area contributed by atoms with Crippen LogP contribution in [-0.2, 0) is 6.54 Å². The summed E-state index contributed by atoms with van der Waals surface area (Å²) < 4.78 is 0. The lowest BCUT2D eigenvalue weighted by molar-refractivity contribution is 0.0996. The minimum Gasteiger partial charge on any atom is -0.508 e. The van der Waals surface area contributed by atoms with E-state index in [1.807, 2.05) is 25.1 Å². The summed E-state index contributed by atoms with van der Waals surface area (Å²) in [5.41, 5.74) is 5.26. The summed E-state index contributed by atoms with van der Waals surface area (Å²) in [4.78, 5) is 15.0. The molecule has 1 aliphatic heterocycles. The number of anilines is 1. The van der Waals surface area contributed by atoms with E-state index in [2.05, 4.69) is 37.0 Å². The number of hydrogen-bond acceptors (Lipinski definition) is 4. The van der Waals surface area contributed by atoms with E-state index < -0.39 is 0 Å². The van der Waals surface area contributed by atoms with Crippen LogP contribution < -0.4 is 10.2 Å². The Morgan fingerprint density at radius 3 is 2.84 bits per heavy atom. The predicted octanol–water partition coefficient (Wildman–Crippen LogP) is 5.19. The monoisotopic (exact) mass is 415 g/mol. The summed E-state index contributed by atoms with van der Waals surface area (Å²) in [7, 11) is 0. The van der Waals surface area contributed by atoms with Crippen molar-refractivity contribution in [3.05, 3.63) is 70.8 Å². The lowest BCUT2D eigenvalue weighted by atomic mass is 9.72. The largest absolute Gasteiger partial charge is 0.508 e. The Labute approximate surface area is 184 Å². The molecule has 2 aliphatic rings. The first-order valence-corrected chi connectivity index (χ1v) is 11.0. The highest BCUT2D eigenvalue weighted by Gasteiger charge is 2.34. The molecule has 2 aromatic carbocycles. The van der Waals surface area contributed by atoms with Gasteiger partial charge in [0.2, 0.25) is 0 Å². The fraction of sp³-hybridized carbons (Fsp3) is 0.385. The van der Waals surface area contributed by atoms with Gasteiger partial charge in [-0.25, -0.2) is 0 Å². The molecule has 1 unspecified atom stereocenters. The fourth-order valence-electron chi connectivity index (χ4n) is 4.35. The molecule has 4 rings (SSSR count). The van der Waals surface area contributed by atoms with E-state index in [-0.39, 0.29) is 23.6 Å². The van der Waals surface area contributed by atoms with Crippen LogP contribution in [0.4, 0.5) is 5.69 Å². The number of carbonyl (C=O) groups is 1. The molecule has 2 N–H and O–H groups in total. The molecule has 1 heterocycles. The number of nitriles is 1. The van der Waals surface area contributed by atoms with Gasteiger partial charge in [-0.1, -0.05) is 31.2 Å². The normalized spacial score (nSPS) is 20.7. The Hall–Kier alpha value is -3.10. The van der Waals surface area contributed by atoms with Gasteiger partial charge in [0.15, 0.2) is 0 Å². The van der Waals surface area contributed by atoms with Crippen LogP contribution in [0.1, 0.15) is 72.1 Å². The summed E-state index contributed by atoms with van der Waals surface area (Å²) >= 11 is 0. The van der Waals surface area contributed by atoms with E-state index in [4.69, 9.17) is 5.26 Å². The number of fused-ring (bicyclic) bond motifs is 1. The molecule has 0 bridgehead atoms. The highest BCUT2D eigenvalue weighted by atomic mass is 16.3. The van der Waals surface area contributed by atoms with Crippen molar-refractivity contribution in [2.75, 3.05) is 11.4 Å². The number of amides is 1. The first-order valence-electron chi connectivity index (χ1n) is 11.0. The minimum atomic E-state index is -0.0852. The van der Waals surface area contributed by atoms with Crippen molar-refractivity contribution in [1.29, 1.82) is 5.26 Å². The topological polar surface area (TPSA) is 76.4 Å². The molecule has 2 aromatic rings. The van der Waals surface area contributed by atoms with Gasteiger partial charge in [-0.05, 0) is 67.5 Å². The summed E-state index contributed by atoms with van der Waals surface area (Å²) in [6.45, 7) is 9.19. The van der Waals surface area contributed by atoms with E-state index >= 15 is 0 Å². The molecule has 31 heavy (non-hydrogen) atoms. The summed E-state index contributed by atoms with van der Waals surface area (Å²) in [6, 6.07) is 14.0. The van der Waals surface area contributed by atoms with Crippen molar-refractivity contribution < 1.29 is 9.90 Å². The number of nitrogens with zero attached hydrogens (tertiary/aromatic N) is 2. The van der Waals surface area contributed by atoms with E-state index in [0.717, 1.165) is 36.1 Å². The molecule has 1 saturated carbocycles. The first kappa shape index (κ1) is 21.1. The van der Waals surface area contributed by atoms with Gasteiger partial charge in [-0.15, -0.1) is 0 Å². The van der Waals surface area contributed by atoms with Crippen LogP contribution in [0.3, 0.4) is 0 Å². The zero-order valence-corrected chi connectivity index (χ0v) is 18.2. The van der Waals surface area contributed by atoms with Crippen LogP contribution in [0.25, 0.3) is 0 Å². The quantitative estimate of drug-likeness (QED) is 0.611. The van der Waals surface area contributed by atoms with E-state index in [9.17, 15) is 9.90 Å². The average Bonchev–Trinajstić information content (AvgIpc) is 3.08. The maximum atomic E-state index is 13.2. The smallest absolute Gasteiger partial charge is 0.259 e. The van der Waals surface area contributed by atoms with E-state index in [1.54, 1.807) is 11.0 Å². The molecule has 1 fully saturated rings. The highest BCUT2D eigenvalue weighted by Crippen LogP contribution is 2.43.